The van der Waals surface area contributed by atoms with Gasteiger partial charge in [0.05, 0.1) is 11.9 Å². The molecule has 0 fully saturated rings. The number of hydrogen-bond donors (Lipinski definition) is 0. The van der Waals surface area contributed by atoms with E-state index < -0.39 is 23.7 Å². The summed E-state index contributed by atoms with van der Waals surface area (Å²) in [6.07, 6.45) is -2.57. The van der Waals surface area contributed by atoms with E-state index >= 15 is 0 Å². The lowest BCUT2D eigenvalue weighted by molar-refractivity contribution is -0.141. The van der Waals surface area contributed by atoms with E-state index in [1.54, 1.807) is 0 Å². The summed E-state index contributed by atoms with van der Waals surface area (Å²) in [6.45, 7) is 1.46. The Hall–Kier alpha value is -2.18. The summed E-state index contributed by atoms with van der Waals surface area (Å²) < 4.78 is 36.9. The third kappa shape index (κ3) is 1.99. The average Bonchev–Trinajstić information content (AvgIpc) is 2.52. The maximum atomic E-state index is 12.3. The van der Waals surface area contributed by atoms with Crippen LogP contribution in [0.15, 0.2) is 30.0 Å². The topological polar surface area (TPSA) is 50.3 Å². The number of carbonyl (C=O) groups is 2. The summed E-state index contributed by atoms with van der Waals surface area (Å²) in [4.78, 5) is 27.0. The molecule has 0 bridgehead atoms. The number of hydrogen-bond acceptors (Lipinski definition) is 3. The number of carbonyl (C=O) groups excluding carboxylic acids is 2. The second-order valence-electron chi connectivity index (χ2n) is 3.71. The third-order valence-corrected chi connectivity index (χ3v) is 2.40. The Morgan fingerprint density at radius 3 is 2.28 bits per heavy atom. The molecule has 0 aliphatic carbocycles. The van der Waals surface area contributed by atoms with Crippen molar-refractivity contribution >= 4 is 17.5 Å². The molecule has 94 valence electrons. The van der Waals surface area contributed by atoms with Crippen molar-refractivity contribution in [3.63, 3.8) is 0 Å². The van der Waals surface area contributed by atoms with E-state index in [9.17, 15) is 22.8 Å². The molecule has 0 saturated carbocycles. The molecule has 1 aromatic rings. The van der Waals surface area contributed by atoms with Crippen molar-refractivity contribution in [2.24, 2.45) is 0 Å². The third-order valence-electron chi connectivity index (χ3n) is 2.40. The summed E-state index contributed by atoms with van der Waals surface area (Å²) in [5, 5.41) is 0. The predicted molar refractivity (Wildman–Crippen MR) is 55.5 cm³/mol. The molecule has 2 amide bonds. The zero-order chi connectivity index (χ0) is 13.5. The highest BCUT2D eigenvalue weighted by Crippen LogP contribution is 2.29. The zero-order valence-electron chi connectivity index (χ0n) is 9.15. The predicted octanol–water partition coefficient (Wildman–Crippen LogP) is 1.92. The highest BCUT2D eigenvalue weighted by Gasteiger charge is 2.34. The minimum absolute atomic E-state index is 0.0195. The van der Waals surface area contributed by atoms with Gasteiger partial charge in [-0.25, -0.2) is 9.88 Å². The first kappa shape index (κ1) is 12.3. The van der Waals surface area contributed by atoms with Crippen LogP contribution >= 0.6 is 0 Å². The van der Waals surface area contributed by atoms with E-state index in [0.29, 0.717) is 0 Å². The van der Waals surface area contributed by atoms with Crippen molar-refractivity contribution in [2.45, 2.75) is 13.1 Å². The Morgan fingerprint density at radius 2 is 1.89 bits per heavy atom. The van der Waals surface area contributed by atoms with E-state index in [2.05, 4.69) is 4.98 Å². The molecule has 0 saturated heterocycles. The number of nitrogens with zero attached hydrogens (tertiary/aromatic N) is 2. The van der Waals surface area contributed by atoms with Gasteiger partial charge in [0.2, 0.25) is 0 Å². The molecule has 18 heavy (non-hydrogen) atoms. The number of alkyl halides is 3. The van der Waals surface area contributed by atoms with Gasteiger partial charge in [-0.2, -0.15) is 13.2 Å². The number of rotatable bonds is 1. The first-order valence-electron chi connectivity index (χ1n) is 4.90. The zero-order valence-corrected chi connectivity index (χ0v) is 9.15. The first-order valence-corrected chi connectivity index (χ1v) is 4.90. The smallest absolute Gasteiger partial charge is 0.269 e. The van der Waals surface area contributed by atoms with Crippen LogP contribution in [-0.4, -0.2) is 16.8 Å². The van der Waals surface area contributed by atoms with Crippen molar-refractivity contribution in [3.05, 3.63) is 35.7 Å². The van der Waals surface area contributed by atoms with Crippen LogP contribution in [0.2, 0.25) is 0 Å². The molecule has 0 aromatic carbocycles. The molecule has 1 aliphatic heterocycles. The molecule has 0 radical (unpaired) electrons. The van der Waals surface area contributed by atoms with Crippen molar-refractivity contribution < 1.29 is 22.8 Å². The molecule has 0 spiro atoms. The molecule has 0 N–H and O–H groups in total. The van der Waals surface area contributed by atoms with Crippen molar-refractivity contribution in [3.8, 4) is 0 Å². The molecule has 1 aliphatic rings. The lowest BCUT2D eigenvalue weighted by Gasteiger charge is -2.14. The van der Waals surface area contributed by atoms with Gasteiger partial charge >= 0.3 is 6.18 Å². The highest BCUT2D eigenvalue weighted by atomic mass is 19.4. The quantitative estimate of drug-likeness (QED) is 0.721. The SMILES string of the molecule is CC1=CC(=O)N(c2ccc(C(F)(F)F)nc2)C1=O. The molecular weight excluding hydrogens is 249 g/mol. The number of halogens is 3. The van der Waals surface area contributed by atoms with E-state index in [1.807, 2.05) is 0 Å². The van der Waals surface area contributed by atoms with Gasteiger partial charge in [-0.15, -0.1) is 0 Å². The normalized spacial score (nSPS) is 16.2. The van der Waals surface area contributed by atoms with E-state index in [4.69, 9.17) is 0 Å². The van der Waals surface area contributed by atoms with Crippen molar-refractivity contribution in [1.29, 1.82) is 0 Å². The van der Waals surface area contributed by atoms with Crippen LogP contribution in [0.4, 0.5) is 18.9 Å². The highest BCUT2D eigenvalue weighted by molar-refractivity contribution is 6.30. The maximum Gasteiger partial charge on any atom is 0.433 e. The largest absolute Gasteiger partial charge is 0.433 e. The second-order valence-corrected chi connectivity index (χ2v) is 3.71. The number of aromatic nitrogens is 1. The van der Waals surface area contributed by atoms with Gasteiger partial charge in [0.1, 0.15) is 5.69 Å². The fourth-order valence-electron chi connectivity index (χ4n) is 1.52. The molecule has 2 heterocycles. The van der Waals surface area contributed by atoms with Gasteiger partial charge in [-0.3, -0.25) is 9.59 Å². The Kier molecular flexibility index (Phi) is 2.68. The molecule has 7 heteroatoms. The fraction of sp³-hybridized carbons (Fsp3) is 0.182. The summed E-state index contributed by atoms with van der Waals surface area (Å²) in [5.74, 6) is -1.14. The molecule has 0 unspecified atom stereocenters. The summed E-state index contributed by atoms with van der Waals surface area (Å²) in [6, 6.07) is 1.77. The maximum absolute atomic E-state index is 12.3. The number of imide groups is 1. The van der Waals surface area contributed by atoms with Gasteiger partial charge in [0.25, 0.3) is 11.8 Å². The van der Waals surface area contributed by atoms with Crippen LogP contribution in [0.3, 0.4) is 0 Å². The van der Waals surface area contributed by atoms with Crippen molar-refractivity contribution in [2.75, 3.05) is 4.90 Å². The van der Waals surface area contributed by atoms with Gasteiger partial charge in [-0.1, -0.05) is 0 Å². The molecule has 4 nitrogen and oxygen atoms in total. The summed E-state index contributed by atoms with van der Waals surface area (Å²) in [5.41, 5.74) is -0.818. The van der Waals surface area contributed by atoms with Crippen molar-refractivity contribution in [1.82, 2.24) is 4.98 Å². The van der Waals surface area contributed by atoms with Crippen LogP contribution < -0.4 is 4.90 Å². The second kappa shape index (κ2) is 3.94. The minimum Gasteiger partial charge on any atom is -0.269 e. The van der Waals surface area contributed by atoms with E-state index in [1.165, 1.54) is 6.92 Å². The number of amides is 2. The lowest BCUT2D eigenvalue weighted by Crippen LogP contribution is -2.30. The van der Waals surface area contributed by atoms with Crippen LogP contribution in [0.25, 0.3) is 0 Å². The Morgan fingerprint density at radius 1 is 1.22 bits per heavy atom. The Bertz CT molecular complexity index is 546. The van der Waals surface area contributed by atoms with Crippen LogP contribution in [0.1, 0.15) is 12.6 Å². The molecule has 2 rings (SSSR count). The van der Waals surface area contributed by atoms with Gasteiger partial charge in [-0.05, 0) is 19.1 Å². The Balaban J connectivity index is 2.32. The minimum atomic E-state index is -4.55. The van der Waals surface area contributed by atoms with Crippen LogP contribution in [0.5, 0.6) is 0 Å². The first-order chi connectivity index (χ1) is 8.30. The van der Waals surface area contributed by atoms with Crippen LogP contribution in [-0.2, 0) is 15.8 Å². The molecular formula is C11H7F3N2O2. The number of anilines is 1. The van der Waals surface area contributed by atoms with Gasteiger partial charge in [0, 0.05) is 11.6 Å². The lowest BCUT2D eigenvalue weighted by atomic mass is 10.3. The summed E-state index contributed by atoms with van der Waals surface area (Å²) in [7, 11) is 0. The van der Waals surface area contributed by atoms with Crippen LogP contribution in [0, 0.1) is 0 Å². The van der Waals surface area contributed by atoms with E-state index in [-0.39, 0.29) is 11.3 Å². The monoisotopic (exact) mass is 256 g/mol. The standard InChI is InChI=1S/C11H7F3N2O2/c1-6-4-9(17)16(10(6)18)7-2-3-8(15-5-7)11(12,13)14/h2-5H,1H3. The Labute approximate surface area is 99.7 Å². The van der Waals surface area contributed by atoms with Gasteiger partial charge < -0.3 is 0 Å². The molecule has 0 atom stereocenters. The molecule has 1 aromatic heterocycles. The van der Waals surface area contributed by atoms with Gasteiger partial charge in [0.15, 0.2) is 0 Å². The number of pyridine rings is 1. The van der Waals surface area contributed by atoms with E-state index in [0.717, 1.165) is 29.3 Å². The summed E-state index contributed by atoms with van der Waals surface area (Å²) >= 11 is 0. The average molecular weight is 256 g/mol. The fourth-order valence-corrected chi connectivity index (χ4v) is 1.52.